The van der Waals surface area contributed by atoms with Gasteiger partial charge in [-0.15, -0.1) is 12.4 Å². The monoisotopic (exact) mass is 264 g/mol. The first-order valence-electron chi connectivity index (χ1n) is 6.34. The Balaban J connectivity index is 0.00000128. The van der Waals surface area contributed by atoms with Crippen molar-refractivity contribution < 1.29 is 0 Å². The number of nitrogens with zero attached hydrogens (tertiary/aromatic N) is 1. The van der Waals surface area contributed by atoms with Crippen molar-refractivity contribution in [2.45, 2.75) is 31.7 Å². The molecule has 2 rings (SSSR count). The SMILES string of the molecule is CSCC1CCCN1CC1CCCNC1.Cl. The Morgan fingerprint density at radius 1 is 1.31 bits per heavy atom. The zero-order chi connectivity index (χ0) is 10.5. The van der Waals surface area contributed by atoms with Crippen molar-refractivity contribution >= 4 is 24.2 Å². The molecule has 0 radical (unpaired) electrons. The van der Waals surface area contributed by atoms with Crippen molar-refractivity contribution in [2.75, 3.05) is 38.2 Å². The van der Waals surface area contributed by atoms with Crippen molar-refractivity contribution in [3.05, 3.63) is 0 Å². The van der Waals surface area contributed by atoms with Gasteiger partial charge in [0.1, 0.15) is 0 Å². The molecule has 0 aromatic carbocycles. The number of rotatable bonds is 4. The number of halogens is 1. The molecule has 0 spiro atoms. The second kappa shape index (κ2) is 7.80. The van der Waals surface area contributed by atoms with Crippen molar-refractivity contribution in [1.82, 2.24) is 10.2 Å². The third-order valence-electron chi connectivity index (χ3n) is 3.75. The first-order valence-corrected chi connectivity index (χ1v) is 7.73. The summed E-state index contributed by atoms with van der Waals surface area (Å²) < 4.78 is 0. The van der Waals surface area contributed by atoms with Crippen LogP contribution in [0.1, 0.15) is 25.7 Å². The first kappa shape index (κ1) is 14.6. The van der Waals surface area contributed by atoms with Crippen LogP contribution in [0.5, 0.6) is 0 Å². The predicted octanol–water partition coefficient (Wildman–Crippen LogP) is 2.24. The molecule has 2 nitrogen and oxygen atoms in total. The van der Waals surface area contributed by atoms with Crippen LogP contribution < -0.4 is 5.32 Å². The van der Waals surface area contributed by atoms with E-state index in [0.717, 1.165) is 12.0 Å². The number of thioether (sulfide) groups is 1. The zero-order valence-electron chi connectivity index (χ0n) is 10.3. The van der Waals surface area contributed by atoms with Crippen LogP contribution in [0, 0.1) is 5.92 Å². The van der Waals surface area contributed by atoms with E-state index in [1.165, 1.54) is 57.6 Å². The Kier molecular flexibility index (Phi) is 7.13. The minimum absolute atomic E-state index is 0. The van der Waals surface area contributed by atoms with Gasteiger partial charge in [0, 0.05) is 18.3 Å². The lowest BCUT2D eigenvalue weighted by atomic mass is 9.99. The topological polar surface area (TPSA) is 15.3 Å². The van der Waals surface area contributed by atoms with Gasteiger partial charge < -0.3 is 5.32 Å². The van der Waals surface area contributed by atoms with Crippen molar-refractivity contribution in [3.8, 4) is 0 Å². The fourth-order valence-electron chi connectivity index (χ4n) is 2.93. The lowest BCUT2D eigenvalue weighted by molar-refractivity contribution is 0.206. The van der Waals surface area contributed by atoms with E-state index < -0.39 is 0 Å². The Morgan fingerprint density at radius 2 is 2.19 bits per heavy atom. The van der Waals surface area contributed by atoms with Crippen LogP contribution in [0.3, 0.4) is 0 Å². The van der Waals surface area contributed by atoms with E-state index in [1.54, 1.807) is 0 Å². The first-order chi connectivity index (χ1) is 7.40. The number of hydrogen-bond donors (Lipinski definition) is 1. The van der Waals surface area contributed by atoms with Gasteiger partial charge in [0.25, 0.3) is 0 Å². The molecular formula is C12H25ClN2S. The summed E-state index contributed by atoms with van der Waals surface area (Å²) in [6.07, 6.45) is 7.91. The molecule has 0 saturated carbocycles. The van der Waals surface area contributed by atoms with E-state index in [9.17, 15) is 0 Å². The highest BCUT2D eigenvalue weighted by atomic mass is 35.5. The largest absolute Gasteiger partial charge is 0.316 e. The summed E-state index contributed by atoms with van der Waals surface area (Å²) in [7, 11) is 0. The lowest BCUT2D eigenvalue weighted by Crippen LogP contribution is -2.41. The number of hydrogen-bond acceptors (Lipinski definition) is 3. The van der Waals surface area contributed by atoms with Crippen LogP contribution in [0.25, 0.3) is 0 Å². The number of piperidine rings is 1. The van der Waals surface area contributed by atoms with Gasteiger partial charge in [0.05, 0.1) is 0 Å². The van der Waals surface area contributed by atoms with E-state index in [-0.39, 0.29) is 12.4 Å². The minimum Gasteiger partial charge on any atom is -0.316 e. The van der Waals surface area contributed by atoms with E-state index in [1.807, 2.05) is 11.8 Å². The third-order valence-corrected chi connectivity index (χ3v) is 4.47. The molecule has 96 valence electrons. The Morgan fingerprint density at radius 3 is 2.88 bits per heavy atom. The summed E-state index contributed by atoms with van der Waals surface area (Å²) in [6.45, 7) is 5.19. The third kappa shape index (κ3) is 4.10. The molecule has 2 aliphatic rings. The minimum atomic E-state index is 0. The van der Waals surface area contributed by atoms with Gasteiger partial charge in [-0.05, 0) is 57.5 Å². The van der Waals surface area contributed by atoms with Gasteiger partial charge in [-0.2, -0.15) is 11.8 Å². The Hall–Kier alpha value is 0.560. The average molecular weight is 265 g/mol. The summed E-state index contributed by atoms with van der Waals surface area (Å²) in [6, 6.07) is 0.877. The van der Waals surface area contributed by atoms with Crippen LogP contribution >= 0.6 is 24.2 Å². The van der Waals surface area contributed by atoms with Gasteiger partial charge in [-0.3, -0.25) is 4.90 Å². The fourth-order valence-corrected chi connectivity index (χ4v) is 3.69. The van der Waals surface area contributed by atoms with Crippen LogP contribution in [0.4, 0.5) is 0 Å². The molecule has 2 fully saturated rings. The quantitative estimate of drug-likeness (QED) is 0.839. The summed E-state index contributed by atoms with van der Waals surface area (Å²) >= 11 is 2.01. The molecular weight excluding hydrogens is 240 g/mol. The molecule has 2 unspecified atom stereocenters. The molecule has 16 heavy (non-hydrogen) atoms. The molecule has 0 aliphatic carbocycles. The summed E-state index contributed by atoms with van der Waals surface area (Å²) in [5.41, 5.74) is 0. The molecule has 0 amide bonds. The van der Waals surface area contributed by atoms with Crippen LogP contribution in [0.2, 0.25) is 0 Å². The van der Waals surface area contributed by atoms with Gasteiger partial charge in [0.15, 0.2) is 0 Å². The van der Waals surface area contributed by atoms with E-state index in [4.69, 9.17) is 0 Å². The maximum Gasteiger partial charge on any atom is 0.0186 e. The Labute approximate surface area is 110 Å². The molecule has 1 N–H and O–H groups in total. The van der Waals surface area contributed by atoms with Gasteiger partial charge in [0.2, 0.25) is 0 Å². The van der Waals surface area contributed by atoms with Gasteiger partial charge in [-0.25, -0.2) is 0 Å². The lowest BCUT2D eigenvalue weighted by Gasteiger charge is -2.31. The van der Waals surface area contributed by atoms with E-state index >= 15 is 0 Å². The maximum absolute atomic E-state index is 3.52. The highest BCUT2D eigenvalue weighted by molar-refractivity contribution is 7.98. The predicted molar refractivity (Wildman–Crippen MR) is 75.8 cm³/mol. The highest BCUT2D eigenvalue weighted by Crippen LogP contribution is 2.23. The molecule has 4 heteroatoms. The van der Waals surface area contributed by atoms with Crippen LogP contribution in [-0.4, -0.2) is 49.1 Å². The van der Waals surface area contributed by atoms with Crippen LogP contribution in [-0.2, 0) is 0 Å². The second-order valence-electron chi connectivity index (χ2n) is 4.96. The number of nitrogens with one attached hydrogen (secondary N) is 1. The summed E-state index contributed by atoms with van der Waals surface area (Å²) in [5, 5.41) is 3.52. The molecule has 2 saturated heterocycles. The van der Waals surface area contributed by atoms with E-state index in [0.29, 0.717) is 0 Å². The summed E-state index contributed by atoms with van der Waals surface area (Å²) in [5.74, 6) is 2.25. The number of likely N-dealkylation sites (tertiary alicyclic amines) is 1. The molecule has 2 aliphatic heterocycles. The normalized spacial score (nSPS) is 31.3. The smallest absolute Gasteiger partial charge is 0.0186 e. The molecule has 0 bridgehead atoms. The van der Waals surface area contributed by atoms with Crippen LogP contribution in [0.15, 0.2) is 0 Å². The molecule has 2 atom stereocenters. The van der Waals surface area contributed by atoms with Gasteiger partial charge >= 0.3 is 0 Å². The van der Waals surface area contributed by atoms with Crippen molar-refractivity contribution in [2.24, 2.45) is 5.92 Å². The standard InChI is InChI=1S/C12H24N2S.ClH/c1-15-10-12-5-3-7-14(12)9-11-4-2-6-13-8-11;/h11-13H,2-10H2,1H3;1H. The van der Waals surface area contributed by atoms with Crippen molar-refractivity contribution in [1.29, 1.82) is 0 Å². The fraction of sp³-hybridized carbons (Fsp3) is 1.00. The summed E-state index contributed by atoms with van der Waals surface area (Å²) in [4.78, 5) is 2.74. The Bertz CT molecular complexity index is 186. The molecule has 2 heterocycles. The van der Waals surface area contributed by atoms with Crippen molar-refractivity contribution in [3.63, 3.8) is 0 Å². The average Bonchev–Trinajstić information content (AvgIpc) is 2.68. The molecule has 0 aromatic heterocycles. The van der Waals surface area contributed by atoms with E-state index in [2.05, 4.69) is 16.5 Å². The molecule has 0 aromatic rings. The highest BCUT2D eigenvalue weighted by Gasteiger charge is 2.26. The maximum atomic E-state index is 3.52. The second-order valence-corrected chi connectivity index (χ2v) is 5.87. The van der Waals surface area contributed by atoms with Gasteiger partial charge in [-0.1, -0.05) is 0 Å². The zero-order valence-corrected chi connectivity index (χ0v) is 11.9.